The van der Waals surface area contributed by atoms with E-state index in [0.717, 1.165) is 18.8 Å². The second-order valence-electron chi connectivity index (χ2n) is 4.45. The van der Waals surface area contributed by atoms with Gasteiger partial charge in [-0.25, -0.2) is 0 Å². The highest BCUT2D eigenvalue weighted by molar-refractivity contribution is 8.05. The van der Waals surface area contributed by atoms with Crippen molar-refractivity contribution in [2.24, 2.45) is 0 Å². The molecule has 0 N–H and O–H groups in total. The highest BCUT2D eigenvalue weighted by Gasteiger charge is 2.31. The van der Waals surface area contributed by atoms with Crippen LogP contribution < -0.4 is 4.74 Å². The van der Waals surface area contributed by atoms with E-state index < -0.39 is 0 Å². The Bertz CT molecular complexity index is 649. The van der Waals surface area contributed by atoms with Crippen LogP contribution in [-0.4, -0.2) is 6.61 Å². The molecule has 0 amide bonds. The summed E-state index contributed by atoms with van der Waals surface area (Å²) in [7, 11) is 0. The van der Waals surface area contributed by atoms with E-state index in [1.807, 2.05) is 23.5 Å². The Morgan fingerprint density at radius 3 is 2.72 bits per heavy atom. The molecule has 0 saturated heterocycles. The van der Waals surface area contributed by atoms with Gasteiger partial charge in [0.2, 0.25) is 0 Å². The lowest BCUT2D eigenvalue weighted by Gasteiger charge is -2.04. The van der Waals surface area contributed by atoms with E-state index in [2.05, 4.69) is 37.3 Å². The van der Waals surface area contributed by atoms with Gasteiger partial charge in [0.25, 0.3) is 0 Å². The Morgan fingerprint density at radius 1 is 0.944 bits per heavy atom. The fraction of sp³-hybridized carbons (Fsp3) is 0.200. The van der Waals surface area contributed by atoms with Crippen LogP contribution in [0.2, 0.25) is 0 Å². The third-order valence-electron chi connectivity index (χ3n) is 3.14. The van der Waals surface area contributed by atoms with Crippen molar-refractivity contribution >= 4 is 23.5 Å². The molecule has 2 heterocycles. The van der Waals surface area contributed by atoms with Crippen molar-refractivity contribution in [2.75, 3.05) is 6.61 Å². The summed E-state index contributed by atoms with van der Waals surface area (Å²) in [5.41, 5.74) is 2.77. The summed E-state index contributed by atoms with van der Waals surface area (Å²) in [5.74, 6) is 1.06. The molecular formula is C15H12OS2. The van der Waals surface area contributed by atoms with Gasteiger partial charge >= 0.3 is 0 Å². The first-order valence-corrected chi connectivity index (χ1v) is 7.80. The minimum absolute atomic E-state index is 0.808. The van der Waals surface area contributed by atoms with Gasteiger partial charge in [0, 0.05) is 14.7 Å². The first kappa shape index (κ1) is 10.8. The summed E-state index contributed by atoms with van der Waals surface area (Å²) in [6.07, 6.45) is 1.06. The molecule has 0 radical (unpaired) electrons. The number of benzene rings is 2. The lowest BCUT2D eigenvalue weighted by Crippen LogP contribution is -1.94. The van der Waals surface area contributed by atoms with Crippen LogP contribution in [0.4, 0.5) is 0 Å². The number of rotatable bonds is 4. The van der Waals surface area contributed by atoms with Crippen LogP contribution in [0.3, 0.4) is 0 Å². The number of fused-ring (bicyclic) bond motifs is 2. The maximum absolute atomic E-state index is 5.75. The van der Waals surface area contributed by atoms with Crippen LogP contribution in [0.1, 0.15) is 13.3 Å². The van der Waals surface area contributed by atoms with Gasteiger partial charge in [0.15, 0.2) is 0 Å². The predicted molar refractivity (Wildman–Crippen MR) is 75.9 cm³/mol. The largest absolute Gasteiger partial charge is 0.492 e. The summed E-state index contributed by atoms with van der Waals surface area (Å²) in [4.78, 5) is 5.63. The zero-order chi connectivity index (χ0) is 12.1. The molecule has 0 aliphatic carbocycles. The zero-order valence-electron chi connectivity index (χ0n) is 10.0. The predicted octanol–water partition coefficient (Wildman–Crippen LogP) is 5.07. The molecule has 2 aromatic rings. The maximum atomic E-state index is 5.75. The van der Waals surface area contributed by atoms with Crippen molar-refractivity contribution in [2.45, 2.75) is 32.9 Å². The molecule has 90 valence electrons. The number of hydrogen-bond donors (Lipinski definition) is 0. The van der Waals surface area contributed by atoms with Gasteiger partial charge in [-0.2, -0.15) is 0 Å². The molecular weight excluding hydrogens is 260 g/mol. The van der Waals surface area contributed by atoms with E-state index in [1.54, 1.807) is 0 Å². The van der Waals surface area contributed by atoms with Crippen LogP contribution in [-0.2, 0) is 0 Å². The quantitative estimate of drug-likeness (QED) is 0.480. The van der Waals surface area contributed by atoms with E-state index in [1.165, 1.54) is 30.7 Å². The smallest absolute Gasteiger partial charge is 0.134 e. The van der Waals surface area contributed by atoms with Crippen molar-refractivity contribution in [1.82, 2.24) is 0 Å². The molecule has 2 aromatic carbocycles. The second kappa shape index (κ2) is 3.97. The summed E-state index contributed by atoms with van der Waals surface area (Å²) < 4.78 is 5.75. The highest BCUT2D eigenvalue weighted by atomic mass is 32.2. The molecule has 0 bridgehead atoms. The molecule has 18 heavy (non-hydrogen) atoms. The molecule has 4 rings (SSSR count). The van der Waals surface area contributed by atoms with Crippen LogP contribution in [0.5, 0.6) is 5.75 Å². The fourth-order valence-corrected chi connectivity index (χ4v) is 3.83. The Balaban J connectivity index is 1.71. The van der Waals surface area contributed by atoms with E-state index >= 15 is 0 Å². The first-order valence-electron chi connectivity index (χ1n) is 6.17. The number of hydrogen-bond acceptors (Lipinski definition) is 3. The zero-order valence-corrected chi connectivity index (χ0v) is 11.7. The lowest BCUT2D eigenvalue weighted by atomic mass is 10.1. The minimum Gasteiger partial charge on any atom is -0.492 e. The molecule has 1 nitrogen and oxygen atoms in total. The van der Waals surface area contributed by atoms with Gasteiger partial charge in [-0.05, 0) is 35.7 Å². The van der Waals surface area contributed by atoms with Crippen molar-refractivity contribution in [3.63, 3.8) is 0 Å². The average Bonchev–Trinajstić information content (AvgIpc) is 3.26. The normalized spacial score (nSPS) is 13.8. The molecule has 2 aliphatic rings. The SMILES string of the molecule is CCCOc1ccc(-c2cccc3c2S3)c2c1S2. The molecule has 0 atom stereocenters. The molecule has 3 heteroatoms. The average molecular weight is 272 g/mol. The Kier molecular flexibility index (Phi) is 2.39. The maximum Gasteiger partial charge on any atom is 0.134 e. The third kappa shape index (κ3) is 1.65. The lowest BCUT2D eigenvalue weighted by molar-refractivity contribution is 0.310. The highest BCUT2D eigenvalue weighted by Crippen LogP contribution is 2.62. The van der Waals surface area contributed by atoms with Crippen LogP contribution >= 0.6 is 23.5 Å². The molecule has 0 spiro atoms. The first-order chi connectivity index (χ1) is 8.88. The van der Waals surface area contributed by atoms with Gasteiger partial charge in [-0.15, -0.1) is 0 Å². The second-order valence-corrected chi connectivity index (χ2v) is 6.53. The topological polar surface area (TPSA) is 9.23 Å². The van der Waals surface area contributed by atoms with Crippen LogP contribution in [0.25, 0.3) is 11.1 Å². The Labute approximate surface area is 115 Å². The van der Waals surface area contributed by atoms with Crippen molar-refractivity contribution < 1.29 is 4.74 Å². The third-order valence-corrected chi connectivity index (χ3v) is 5.17. The van der Waals surface area contributed by atoms with E-state index in [9.17, 15) is 0 Å². The van der Waals surface area contributed by atoms with Crippen molar-refractivity contribution in [1.29, 1.82) is 0 Å². The summed E-state index contributed by atoms with van der Waals surface area (Å²) >= 11 is 3.74. The van der Waals surface area contributed by atoms with Crippen LogP contribution in [0.15, 0.2) is 49.9 Å². The molecule has 0 unspecified atom stereocenters. The molecule has 0 saturated carbocycles. The van der Waals surface area contributed by atoms with E-state index in [-0.39, 0.29) is 0 Å². The molecule has 0 aromatic heterocycles. The Hall–Kier alpha value is -1.06. The van der Waals surface area contributed by atoms with Crippen molar-refractivity contribution in [3.8, 4) is 16.9 Å². The number of ether oxygens (including phenoxy) is 1. The van der Waals surface area contributed by atoms with Gasteiger partial charge in [0.1, 0.15) is 5.75 Å². The molecule has 0 fully saturated rings. The van der Waals surface area contributed by atoms with E-state index in [4.69, 9.17) is 4.74 Å². The Morgan fingerprint density at radius 2 is 1.83 bits per heavy atom. The standard InChI is InChI=1S/C15H12OS2/c1-2-8-16-11-7-6-10(14-15(11)18-14)9-4-3-5-12-13(9)17-12/h3-7H,2,8H2,1H3. The summed E-state index contributed by atoms with van der Waals surface area (Å²) in [6.45, 7) is 2.94. The molecule has 2 aliphatic heterocycles. The summed E-state index contributed by atoms with van der Waals surface area (Å²) in [6, 6.07) is 10.9. The van der Waals surface area contributed by atoms with E-state index in [0.29, 0.717) is 0 Å². The van der Waals surface area contributed by atoms with Crippen LogP contribution in [0, 0.1) is 0 Å². The van der Waals surface area contributed by atoms with Gasteiger partial charge in [-0.1, -0.05) is 42.6 Å². The minimum atomic E-state index is 0.808. The summed E-state index contributed by atoms with van der Waals surface area (Å²) in [5, 5.41) is 0. The van der Waals surface area contributed by atoms with Gasteiger partial charge < -0.3 is 4.74 Å². The monoisotopic (exact) mass is 272 g/mol. The fourth-order valence-electron chi connectivity index (χ4n) is 2.17. The van der Waals surface area contributed by atoms with Gasteiger partial charge in [-0.3, -0.25) is 0 Å². The van der Waals surface area contributed by atoms with Gasteiger partial charge in [0.05, 0.1) is 11.5 Å². The van der Waals surface area contributed by atoms with Crippen molar-refractivity contribution in [3.05, 3.63) is 30.3 Å².